The van der Waals surface area contributed by atoms with Crippen molar-refractivity contribution in [2.45, 2.75) is 32.0 Å². The van der Waals surface area contributed by atoms with E-state index in [4.69, 9.17) is 21.2 Å². The molecule has 36 heavy (non-hydrogen) atoms. The fourth-order valence-corrected chi connectivity index (χ4v) is 3.41. The van der Waals surface area contributed by atoms with Crippen LogP contribution in [-0.4, -0.2) is 42.7 Å². The highest BCUT2D eigenvalue weighted by Crippen LogP contribution is 2.32. The predicted molar refractivity (Wildman–Crippen MR) is 123 cm³/mol. The fraction of sp³-hybridized carbons (Fsp3) is 0.261. The number of rotatable bonds is 6. The number of aromatic nitrogens is 5. The smallest absolute Gasteiger partial charge is 0.396 e. The van der Waals surface area contributed by atoms with Crippen molar-refractivity contribution in [1.82, 2.24) is 30.4 Å². The van der Waals surface area contributed by atoms with Crippen molar-refractivity contribution in [3.8, 4) is 23.4 Å². The highest BCUT2D eigenvalue weighted by molar-refractivity contribution is 6.34. The zero-order valence-electron chi connectivity index (χ0n) is 18.6. The maximum absolute atomic E-state index is 13.0. The van der Waals surface area contributed by atoms with Crippen molar-refractivity contribution < 1.29 is 27.6 Å². The Balaban J connectivity index is 1.49. The van der Waals surface area contributed by atoms with E-state index in [-0.39, 0.29) is 45.8 Å². The van der Waals surface area contributed by atoms with Crippen molar-refractivity contribution in [3.63, 3.8) is 0 Å². The molecule has 1 atom stereocenters. The Morgan fingerprint density at radius 2 is 2.11 bits per heavy atom. The van der Waals surface area contributed by atoms with Gasteiger partial charge >= 0.3 is 6.18 Å². The summed E-state index contributed by atoms with van der Waals surface area (Å²) in [4.78, 5) is 27.7. The van der Waals surface area contributed by atoms with Gasteiger partial charge in [0.15, 0.2) is 17.3 Å². The number of unbranched alkanes of at least 4 members (excludes halogenated alkanes) is 1. The summed E-state index contributed by atoms with van der Waals surface area (Å²) < 4.78 is 44.2. The minimum Gasteiger partial charge on any atom is -0.396 e. The number of amides is 1. The van der Waals surface area contributed by atoms with Crippen molar-refractivity contribution in [1.29, 1.82) is 0 Å². The molecular weight excluding hydrogens is 501 g/mol. The Morgan fingerprint density at radius 3 is 2.86 bits per heavy atom. The molecule has 1 aromatic carbocycles. The van der Waals surface area contributed by atoms with Crippen LogP contribution in [0.3, 0.4) is 0 Å². The number of carbonyl (C=O) groups is 1. The van der Waals surface area contributed by atoms with E-state index in [1.807, 2.05) is 0 Å². The molecule has 0 spiro atoms. The molecule has 9 nitrogen and oxygen atoms in total. The number of halogens is 4. The maximum atomic E-state index is 13.0. The van der Waals surface area contributed by atoms with Gasteiger partial charge in [-0.3, -0.25) is 4.79 Å². The quantitative estimate of drug-likeness (QED) is 0.256. The number of carbonyl (C=O) groups excluding carboxylic acids is 1. The van der Waals surface area contributed by atoms with Gasteiger partial charge in [0.2, 0.25) is 0 Å². The molecule has 0 saturated heterocycles. The van der Waals surface area contributed by atoms with E-state index in [0.29, 0.717) is 18.4 Å². The lowest BCUT2D eigenvalue weighted by molar-refractivity contribution is -0.137. The fourth-order valence-electron chi connectivity index (χ4n) is 3.18. The van der Waals surface area contributed by atoms with E-state index < -0.39 is 23.7 Å². The Hall–Kier alpha value is -3.95. The third kappa shape index (κ3) is 5.48. The van der Waals surface area contributed by atoms with E-state index in [9.17, 15) is 18.0 Å². The molecule has 4 rings (SSSR count). The molecular formula is C23H18ClF3N6O3. The van der Waals surface area contributed by atoms with Crippen LogP contribution in [0.15, 0.2) is 35.1 Å². The molecule has 0 aliphatic carbocycles. The number of benzene rings is 1. The van der Waals surface area contributed by atoms with E-state index in [1.165, 1.54) is 18.5 Å². The largest absolute Gasteiger partial charge is 0.416 e. The second-order valence-corrected chi connectivity index (χ2v) is 8.02. The van der Waals surface area contributed by atoms with Crippen LogP contribution in [0.1, 0.15) is 53.3 Å². The van der Waals surface area contributed by atoms with Crippen LogP contribution in [0.25, 0.3) is 22.6 Å². The summed E-state index contributed by atoms with van der Waals surface area (Å²) in [6.45, 7) is 1.65. The molecule has 186 valence electrons. The first-order chi connectivity index (χ1) is 17.2. The van der Waals surface area contributed by atoms with Gasteiger partial charge < -0.3 is 19.9 Å². The normalized spacial score (nSPS) is 12.3. The first-order valence-corrected chi connectivity index (χ1v) is 11.0. The molecule has 4 aromatic rings. The molecule has 0 fully saturated rings. The Bertz CT molecular complexity index is 1470. The number of nitrogens with zero attached hydrogens (tertiary/aromatic N) is 4. The van der Waals surface area contributed by atoms with Crippen molar-refractivity contribution in [2.24, 2.45) is 0 Å². The monoisotopic (exact) mass is 518 g/mol. The van der Waals surface area contributed by atoms with E-state index in [0.717, 1.165) is 12.1 Å². The Kier molecular flexibility index (Phi) is 7.23. The summed E-state index contributed by atoms with van der Waals surface area (Å²) in [6.07, 6.45) is -2.37. The second kappa shape index (κ2) is 10.3. The molecule has 0 aliphatic rings. The number of imidazole rings is 1. The third-order valence-electron chi connectivity index (χ3n) is 5.03. The zero-order chi connectivity index (χ0) is 25.9. The minimum atomic E-state index is -4.48. The first-order valence-electron chi connectivity index (χ1n) is 10.6. The average molecular weight is 519 g/mol. The van der Waals surface area contributed by atoms with Gasteiger partial charge in [-0.25, -0.2) is 15.0 Å². The number of hydrogen-bond donors (Lipinski definition) is 3. The highest BCUT2D eigenvalue weighted by Gasteiger charge is 2.31. The number of nitrogens with one attached hydrogen (secondary N) is 2. The van der Waals surface area contributed by atoms with Gasteiger partial charge in [0.1, 0.15) is 22.7 Å². The van der Waals surface area contributed by atoms with Gasteiger partial charge in [-0.2, -0.15) is 13.2 Å². The van der Waals surface area contributed by atoms with Gasteiger partial charge in [-0.15, -0.1) is 0 Å². The van der Waals surface area contributed by atoms with Crippen LogP contribution in [0, 0.1) is 11.8 Å². The lowest BCUT2D eigenvalue weighted by Gasteiger charge is -2.11. The predicted octanol–water partition coefficient (Wildman–Crippen LogP) is 4.30. The standard InChI is InChI=1S/C23H18ClF3N6O3/c1-12(30-22(35)20-19(24)15(28-11-29-20)5-3-2-4-8-34)18-10-17(33-36-18)21-31-14-7-6-13(23(25,26)27)9-16(14)32-21/h6-7,9-12,34H,2,4,8H2,1H3,(H,30,35)(H,31,32)/t12-/m1/s1. The summed E-state index contributed by atoms with van der Waals surface area (Å²) in [5, 5.41) is 15.4. The molecule has 0 radical (unpaired) electrons. The Morgan fingerprint density at radius 1 is 1.31 bits per heavy atom. The van der Waals surface area contributed by atoms with E-state index >= 15 is 0 Å². The number of aliphatic hydroxyl groups excluding tert-OH is 1. The summed E-state index contributed by atoms with van der Waals surface area (Å²) in [6, 6.07) is 4.02. The minimum absolute atomic E-state index is 0.0103. The molecule has 1 amide bonds. The van der Waals surface area contributed by atoms with Gasteiger partial charge in [0, 0.05) is 19.1 Å². The number of aliphatic hydroxyl groups is 1. The number of H-pyrrole nitrogens is 1. The molecule has 0 saturated carbocycles. The van der Waals surface area contributed by atoms with Crippen LogP contribution in [-0.2, 0) is 6.18 Å². The number of aromatic amines is 1. The van der Waals surface area contributed by atoms with Crippen molar-refractivity contribution in [2.75, 3.05) is 6.61 Å². The van der Waals surface area contributed by atoms with Gasteiger partial charge in [-0.05, 0) is 37.5 Å². The Labute approximate surface area is 207 Å². The van der Waals surface area contributed by atoms with Crippen LogP contribution < -0.4 is 5.32 Å². The average Bonchev–Trinajstić information content (AvgIpc) is 3.49. The van der Waals surface area contributed by atoms with E-state index in [1.54, 1.807) is 6.92 Å². The summed E-state index contributed by atoms with van der Waals surface area (Å²) in [5.74, 6) is 5.43. The summed E-state index contributed by atoms with van der Waals surface area (Å²) >= 11 is 6.25. The van der Waals surface area contributed by atoms with Crippen molar-refractivity contribution in [3.05, 3.63) is 58.3 Å². The van der Waals surface area contributed by atoms with Crippen LogP contribution in [0.4, 0.5) is 13.2 Å². The third-order valence-corrected chi connectivity index (χ3v) is 5.38. The summed E-state index contributed by atoms with van der Waals surface area (Å²) in [7, 11) is 0. The molecule has 3 aromatic heterocycles. The highest BCUT2D eigenvalue weighted by atomic mass is 35.5. The number of fused-ring (bicyclic) bond motifs is 1. The number of hydrogen-bond acceptors (Lipinski definition) is 7. The van der Waals surface area contributed by atoms with Crippen LogP contribution in [0.5, 0.6) is 0 Å². The van der Waals surface area contributed by atoms with Gasteiger partial charge in [0.05, 0.1) is 22.6 Å². The molecule has 0 aliphatic heterocycles. The second-order valence-electron chi connectivity index (χ2n) is 7.64. The van der Waals surface area contributed by atoms with Crippen molar-refractivity contribution >= 4 is 28.5 Å². The summed E-state index contributed by atoms with van der Waals surface area (Å²) in [5.41, 5.74) is 0.0729. The lowest BCUT2D eigenvalue weighted by atomic mass is 10.2. The molecule has 3 heterocycles. The number of alkyl halides is 3. The molecule has 0 bridgehead atoms. The van der Waals surface area contributed by atoms with E-state index in [2.05, 4.69) is 42.3 Å². The van der Waals surface area contributed by atoms with Gasteiger partial charge in [0.25, 0.3) is 5.91 Å². The van der Waals surface area contributed by atoms with Crippen LogP contribution >= 0.6 is 11.6 Å². The molecule has 3 N–H and O–H groups in total. The lowest BCUT2D eigenvalue weighted by Crippen LogP contribution is -2.27. The van der Waals surface area contributed by atoms with Gasteiger partial charge in [-0.1, -0.05) is 22.7 Å². The maximum Gasteiger partial charge on any atom is 0.416 e. The first kappa shape index (κ1) is 25.2. The SMILES string of the molecule is C[C@@H](NC(=O)c1ncnc(C#CCCCO)c1Cl)c1cc(-c2nc3ccc(C(F)(F)F)cc3[nH]2)no1. The molecule has 0 unspecified atom stereocenters. The zero-order valence-corrected chi connectivity index (χ0v) is 19.4. The topological polar surface area (TPSA) is 130 Å². The molecule has 13 heteroatoms. The van der Waals surface area contributed by atoms with Crippen LogP contribution in [0.2, 0.25) is 5.02 Å².